The van der Waals surface area contributed by atoms with Crippen molar-refractivity contribution in [3.63, 3.8) is 0 Å². The summed E-state index contributed by atoms with van der Waals surface area (Å²) in [4.78, 5) is 0.580. The maximum Gasteiger partial charge on any atom is 0.416 e. The van der Waals surface area contributed by atoms with E-state index in [0.29, 0.717) is 10.6 Å². The molecule has 6 heteroatoms. The van der Waals surface area contributed by atoms with Gasteiger partial charge in [-0.25, -0.2) is 0 Å². The summed E-state index contributed by atoms with van der Waals surface area (Å²) in [5, 5.41) is 12.0. The number of alkyl halides is 3. The SMILES string of the molecule is CC(CO)CSc1ccc(CNC(C)C)c(C(F)(F)F)c1. The first-order chi connectivity index (χ1) is 9.74. The van der Waals surface area contributed by atoms with E-state index in [1.807, 2.05) is 20.8 Å². The molecule has 21 heavy (non-hydrogen) atoms. The van der Waals surface area contributed by atoms with Crippen LogP contribution in [0.15, 0.2) is 23.1 Å². The molecule has 1 unspecified atom stereocenters. The largest absolute Gasteiger partial charge is 0.416 e. The van der Waals surface area contributed by atoms with E-state index in [1.165, 1.54) is 23.9 Å². The van der Waals surface area contributed by atoms with Crippen molar-refractivity contribution in [3.8, 4) is 0 Å². The summed E-state index contributed by atoms with van der Waals surface area (Å²) in [5.74, 6) is 0.656. The Morgan fingerprint density at radius 2 is 1.90 bits per heavy atom. The van der Waals surface area contributed by atoms with Gasteiger partial charge in [0.15, 0.2) is 0 Å². The third-order valence-corrected chi connectivity index (χ3v) is 4.26. The monoisotopic (exact) mass is 321 g/mol. The predicted molar refractivity (Wildman–Crippen MR) is 80.4 cm³/mol. The van der Waals surface area contributed by atoms with Crippen molar-refractivity contribution >= 4 is 11.8 Å². The van der Waals surface area contributed by atoms with E-state index in [2.05, 4.69) is 5.32 Å². The number of nitrogens with one attached hydrogen (secondary N) is 1. The minimum absolute atomic E-state index is 0.0372. The molecular formula is C15H22F3NOS. The van der Waals surface area contributed by atoms with E-state index in [0.717, 1.165) is 0 Å². The molecule has 0 fully saturated rings. The van der Waals surface area contributed by atoms with Gasteiger partial charge in [0, 0.05) is 29.8 Å². The Bertz CT molecular complexity index is 449. The van der Waals surface area contributed by atoms with Crippen LogP contribution in [0.4, 0.5) is 13.2 Å². The van der Waals surface area contributed by atoms with Gasteiger partial charge < -0.3 is 10.4 Å². The quantitative estimate of drug-likeness (QED) is 0.747. The van der Waals surface area contributed by atoms with Crippen molar-refractivity contribution in [3.05, 3.63) is 29.3 Å². The van der Waals surface area contributed by atoms with Crippen LogP contribution in [-0.4, -0.2) is 23.5 Å². The lowest BCUT2D eigenvalue weighted by atomic mass is 10.1. The summed E-state index contributed by atoms with van der Waals surface area (Å²) in [5.41, 5.74) is -0.326. The summed E-state index contributed by atoms with van der Waals surface area (Å²) in [7, 11) is 0. The first-order valence-electron chi connectivity index (χ1n) is 6.91. The second-order valence-electron chi connectivity index (χ2n) is 5.45. The van der Waals surface area contributed by atoms with Gasteiger partial charge in [-0.2, -0.15) is 13.2 Å². The number of aliphatic hydroxyl groups excluding tert-OH is 1. The molecule has 1 rings (SSSR count). The molecule has 0 aliphatic rings. The average Bonchev–Trinajstić information content (AvgIpc) is 2.41. The maximum absolute atomic E-state index is 13.1. The Labute approximate surface area is 128 Å². The zero-order valence-electron chi connectivity index (χ0n) is 12.5. The van der Waals surface area contributed by atoms with E-state index >= 15 is 0 Å². The van der Waals surface area contributed by atoms with Gasteiger partial charge >= 0.3 is 6.18 Å². The Hall–Kier alpha value is -0.720. The van der Waals surface area contributed by atoms with E-state index in [4.69, 9.17) is 5.11 Å². The highest BCUT2D eigenvalue weighted by Crippen LogP contribution is 2.35. The summed E-state index contributed by atoms with van der Waals surface area (Å²) in [6, 6.07) is 4.57. The van der Waals surface area contributed by atoms with E-state index < -0.39 is 11.7 Å². The molecule has 120 valence electrons. The van der Waals surface area contributed by atoms with E-state index in [1.54, 1.807) is 6.07 Å². The van der Waals surface area contributed by atoms with Gasteiger partial charge in [-0.3, -0.25) is 0 Å². The molecule has 0 aromatic heterocycles. The third-order valence-electron chi connectivity index (χ3n) is 2.93. The molecule has 0 aliphatic heterocycles. The van der Waals surface area contributed by atoms with E-state index in [-0.39, 0.29) is 30.7 Å². The van der Waals surface area contributed by atoms with Crippen molar-refractivity contribution in [1.82, 2.24) is 5.32 Å². The molecule has 1 aromatic carbocycles. The zero-order valence-corrected chi connectivity index (χ0v) is 13.3. The van der Waals surface area contributed by atoms with Crippen molar-refractivity contribution in [1.29, 1.82) is 0 Å². The molecule has 1 aromatic rings. The lowest BCUT2D eigenvalue weighted by molar-refractivity contribution is -0.138. The Morgan fingerprint density at radius 1 is 1.24 bits per heavy atom. The first-order valence-corrected chi connectivity index (χ1v) is 7.89. The predicted octanol–water partition coefficient (Wildman–Crippen LogP) is 3.92. The van der Waals surface area contributed by atoms with Gasteiger partial charge in [0.2, 0.25) is 0 Å². The van der Waals surface area contributed by atoms with Crippen LogP contribution in [0.3, 0.4) is 0 Å². The van der Waals surface area contributed by atoms with Gasteiger partial charge in [-0.05, 0) is 23.6 Å². The smallest absolute Gasteiger partial charge is 0.396 e. The summed E-state index contributed by atoms with van der Waals surface area (Å²) < 4.78 is 39.4. The van der Waals surface area contributed by atoms with Crippen LogP contribution in [0, 0.1) is 5.92 Å². The van der Waals surface area contributed by atoms with Crippen molar-refractivity contribution in [2.24, 2.45) is 5.92 Å². The van der Waals surface area contributed by atoms with Crippen molar-refractivity contribution < 1.29 is 18.3 Å². The zero-order chi connectivity index (χ0) is 16.0. The highest BCUT2D eigenvalue weighted by molar-refractivity contribution is 7.99. The molecular weight excluding hydrogens is 299 g/mol. The molecule has 0 bridgehead atoms. The summed E-state index contributed by atoms with van der Waals surface area (Å²) in [6.07, 6.45) is -4.35. The molecule has 0 saturated heterocycles. The van der Waals surface area contributed by atoms with Crippen molar-refractivity contribution in [2.75, 3.05) is 12.4 Å². The van der Waals surface area contributed by atoms with Crippen LogP contribution in [0.2, 0.25) is 0 Å². The molecule has 2 N–H and O–H groups in total. The van der Waals surface area contributed by atoms with Crippen LogP contribution in [0.25, 0.3) is 0 Å². The molecule has 1 atom stereocenters. The molecule has 0 radical (unpaired) electrons. The lowest BCUT2D eigenvalue weighted by Crippen LogP contribution is -2.23. The minimum Gasteiger partial charge on any atom is -0.396 e. The van der Waals surface area contributed by atoms with Crippen LogP contribution >= 0.6 is 11.8 Å². The van der Waals surface area contributed by atoms with Crippen LogP contribution < -0.4 is 5.32 Å². The van der Waals surface area contributed by atoms with Gasteiger partial charge in [0.05, 0.1) is 5.56 Å². The summed E-state index contributed by atoms with van der Waals surface area (Å²) >= 11 is 1.34. The molecule has 0 aliphatic carbocycles. The second kappa shape index (κ2) is 8.06. The Morgan fingerprint density at radius 3 is 2.43 bits per heavy atom. The standard InChI is InChI=1S/C15H22F3NOS/c1-10(2)19-7-12-4-5-13(21-9-11(3)8-20)6-14(12)15(16,17)18/h4-6,10-11,19-20H,7-9H2,1-3H3. The highest BCUT2D eigenvalue weighted by Gasteiger charge is 2.33. The maximum atomic E-state index is 13.1. The molecule has 0 heterocycles. The number of hydrogen-bond donors (Lipinski definition) is 2. The molecule has 2 nitrogen and oxygen atoms in total. The van der Waals surface area contributed by atoms with Crippen LogP contribution in [-0.2, 0) is 12.7 Å². The molecule has 0 spiro atoms. The van der Waals surface area contributed by atoms with Gasteiger partial charge in [0.1, 0.15) is 0 Å². The van der Waals surface area contributed by atoms with Crippen LogP contribution in [0.1, 0.15) is 31.9 Å². The average molecular weight is 321 g/mol. The van der Waals surface area contributed by atoms with Crippen LogP contribution in [0.5, 0.6) is 0 Å². The number of hydrogen-bond acceptors (Lipinski definition) is 3. The number of rotatable bonds is 7. The number of benzene rings is 1. The second-order valence-corrected chi connectivity index (χ2v) is 6.54. The number of thioether (sulfide) groups is 1. The van der Waals surface area contributed by atoms with Crippen molar-refractivity contribution in [2.45, 2.75) is 44.4 Å². The van der Waals surface area contributed by atoms with Gasteiger partial charge in [-0.15, -0.1) is 11.8 Å². The molecule has 0 saturated carbocycles. The van der Waals surface area contributed by atoms with E-state index in [9.17, 15) is 13.2 Å². The minimum atomic E-state index is -4.35. The lowest BCUT2D eigenvalue weighted by Gasteiger charge is -2.16. The fraction of sp³-hybridized carbons (Fsp3) is 0.600. The Kier molecular flexibility index (Phi) is 7.03. The fourth-order valence-corrected chi connectivity index (χ4v) is 2.62. The Balaban J connectivity index is 2.91. The number of halogens is 3. The molecule has 0 amide bonds. The summed E-state index contributed by atoms with van der Waals surface area (Å²) in [6.45, 7) is 5.89. The number of aliphatic hydroxyl groups is 1. The first kappa shape index (κ1) is 18.3. The normalized spacial score (nSPS) is 13.7. The highest BCUT2D eigenvalue weighted by atomic mass is 32.2. The third kappa shape index (κ3) is 6.28. The topological polar surface area (TPSA) is 32.3 Å². The fourth-order valence-electron chi connectivity index (χ4n) is 1.67. The van der Waals surface area contributed by atoms with Gasteiger partial charge in [-0.1, -0.05) is 26.8 Å². The van der Waals surface area contributed by atoms with Gasteiger partial charge in [0.25, 0.3) is 0 Å².